The predicted octanol–water partition coefficient (Wildman–Crippen LogP) is 2.71. The molecule has 1 atom stereocenters. The third-order valence-electron chi connectivity index (χ3n) is 4.59. The van der Waals surface area contributed by atoms with Gasteiger partial charge >= 0.3 is 0 Å². The summed E-state index contributed by atoms with van der Waals surface area (Å²) in [4.78, 5) is 12.4. The van der Waals surface area contributed by atoms with E-state index in [9.17, 15) is 4.79 Å². The molecular formula is C16H26N2O2. The number of carbonyl (C=O) groups is 1. The Balaban J connectivity index is 2.02. The molecular weight excluding hydrogens is 252 g/mol. The van der Waals surface area contributed by atoms with Gasteiger partial charge in [0.2, 0.25) is 0 Å². The van der Waals surface area contributed by atoms with Crippen molar-refractivity contribution in [3.05, 3.63) is 22.6 Å². The van der Waals surface area contributed by atoms with E-state index in [1.54, 1.807) is 0 Å². The SMILES string of the molecule is Cc1oc(C)c(C(=O)NCC2NCCCC2(C)C)c1C. The van der Waals surface area contributed by atoms with Gasteiger partial charge in [-0.1, -0.05) is 13.8 Å². The number of amides is 1. The molecule has 2 heterocycles. The fourth-order valence-electron chi connectivity index (χ4n) is 3.03. The Labute approximate surface area is 121 Å². The van der Waals surface area contributed by atoms with Gasteiger partial charge in [0.05, 0.1) is 5.56 Å². The van der Waals surface area contributed by atoms with Crippen molar-refractivity contribution in [3.63, 3.8) is 0 Å². The molecule has 2 N–H and O–H groups in total. The van der Waals surface area contributed by atoms with Gasteiger partial charge in [-0.05, 0) is 45.6 Å². The molecule has 1 aliphatic heterocycles. The van der Waals surface area contributed by atoms with Crippen LogP contribution in [-0.2, 0) is 0 Å². The molecule has 0 saturated carbocycles. The normalized spacial score (nSPS) is 21.8. The van der Waals surface area contributed by atoms with Gasteiger partial charge in [0, 0.05) is 18.2 Å². The zero-order chi connectivity index (χ0) is 14.9. The molecule has 0 aliphatic carbocycles. The summed E-state index contributed by atoms with van der Waals surface area (Å²) in [5, 5.41) is 6.57. The molecule has 4 heteroatoms. The number of furan rings is 1. The second kappa shape index (κ2) is 5.60. The van der Waals surface area contributed by atoms with E-state index in [4.69, 9.17) is 4.42 Å². The van der Waals surface area contributed by atoms with E-state index in [0.717, 1.165) is 17.9 Å². The first-order valence-electron chi connectivity index (χ1n) is 7.41. The molecule has 0 radical (unpaired) electrons. The van der Waals surface area contributed by atoms with Crippen LogP contribution in [0.4, 0.5) is 0 Å². The van der Waals surface area contributed by atoms with Crippen LogP contribution in [0.3, 0.4) is 0 Å². The van der Waals surface area contributed by atoms with E-state index in [1.165, 1.54) is 12.8 Å². The highest BCUT2D eigenvalue weighted by atomic mass is 16.3. The van der Waals surface area contributed by atoms with Crippen LogP contribution < -0.4 is 10.6 Å². The summed E-state index contributed by atoms with van der Waals surface area (Å²) in [5.41, 5.74) is 1.86. The lowest BCUT2D eigenvalue weighted by Gasteiger charge is -2.39. The van der Waals surface area contributed by atoms with Crippen molar-refractivity contribution in [1.82, 2.24) is 10.6 Å². The van der Waals surface area contributed by atoms with Gasteiger partial charge < -0.3 is 15.1 Å². The molecule has 1 amide bonds. The highest BCUT2D eigenvalue weighted by Crippen LogP contribution is 2.29. The predicted molar refractivity (Wildman–Crippen MR) is 80.1 cm³/mol. The smallest absolute Gasteiger partial charge is 0.255 e. The van der Waals surface area contributed by atoms with Crippen LogP contribution in [0.1, 0.15) is 54.1 Å². The van der Waals surface area contributed by atoms with Crippen LogP contribution in [0.2, 0.25) is 0 Å². The number of hydrogen-bond donors (Lipinski definition) is 2. The molecule has 2 rings (SSSR count). The van der Waals surface area contributed by atoms with Crippen molar-refractivity contribution in [2.45, 2.75) is 53.5 Å². The fraction of sp³-hybridized carbons (Fsp3) is 0.688. The van der Waals surface area contributed by atoms with Crippen molar-refractivity contribution >= 4 is 5.91 Å². The van der Waals surface area contributed by atoms with E-state index in [1.807, 2.05) is 20.8 Å². The second-order valence-corrected chi connectivity index (χ2v) is 6.52. The quantitative estimate of drug-likeness (QED) is 0.894. The first kappa shape index (κ1) is 15.1. The highest BCUT2D eigenvalue weighted by molar-refractivity contribution is 5.96. The van der Waals surface area contributed by atoms with Crippen molar-refractivity contribution in [3.8, 4) is 0 Å². The third-order valence-corrected chi connectivity index (χ3v) is 4.59. The maximum Gasteiger partial charge on any atom is 0.255 e. The van der Waals surface area contributed by atoms with Gasteiger partial charge in [-0.15, -0.1) is 0 Å². The molecule has 0 spiro atoms. The first-order valence-corrected chi connectivity index (χ1v) is 7.41. The number of rotatable bonds is 3. The molecule has 0 aromatic carbocycles. The zero-order valence-corrected chi connectivity index (χ0v) is 13.2. The van der Waals surface area contributed by atoms with Gasteiger partial charge in [0.25, 0.3) is 5.91 Å². The average molecular weight is 278 g/mol. The molecule has 1 fully saturated rings. The lowest BCUT2D eigenvalue weighted by atomic mass is 9.77. The molecule has 0 bridgehead atoms. The molecule has 1 aromatic heterocycles. The van der Waals surface area contributed by atoms with Crippen molar-refractivity contribution < 1.29 is 9.21 Å². The minimum absolute atomic E-state index is 0.0278. The van der Waals surface area contributed by atoms with E-state index in [2.05, 4.69) is 24.5 Å². The number of aryl methyl sites for hydroxylation is 2. The van der Waals surface area contributed by atoms with Crippen LogP contribution in [-0.4, -0.2) is 25.0 Å². The number of nitrogens with one attached hydrogen (secondary N) is 2. The Bertz CT molecular complexity index is 503. The van der Waals surface area contributed by atoms with Crippen LogP contribution in [0, 0.1) is 26.2 Å². The third kappa shape index (κ3) is 2.90. The van der Waals surface area contributed by atoms with Crippen LogP contribution in [0.15, 0.2) is 4.42 Å². The van der Waals surface area contributed by atoms with E-state index in [0.29, 0.717) is 23.9 Å². The standard InChI is InChI=1S/C16H26N2O2/c1-10-11(2)20-12(3)14(10)15(19)18-9-13-16(4,5)7-6-8-17-13/h13,17H,6-9H2,1-5H3,(H,18,19). The number of carbonyl (C=O) groups excluding carboxylic acids is 1. The van der Waals surface area contributed by atoms with Crippen LogP contribution in [0.5, 0.6) is 0 Å². The maximum absolute atomic E-state index is 12.4. The van der Waals surface area contributed by atoms with Gasteiger partial charge in [-0.3, -0.25) is 4.79 Å². The van der Waals surface area contributed by atoms with Gasteiger partial charge in [0.15, 0.2) is 0 Å². The Morgan fingerprint density at radius 2 is 2.05 bits per heavy atom. The molecule has 4 nitrogen and oxygen atoms in total. The topological polar surface area (TPSA) is 54.3 Å². The Kier molecular flexibility index (Phi) is 4.23. The second-order valence-electron chi connectivity index (χ2n) is 6.52. The summed E-state index contributed by atoms with van der Waals surface area (Å²) in [6.45, 7) is 11.9. The molecule has 1 saturated heterocycles. The largest absolute Gasteiger partial charge is 0.466 e. The van der Waals surface area contributed by atoms with Gasteiger partial charge in [0.1, 0.15) is 11.5 Å². The van der Waals surface area contributed by atoms with Gasteiger partial charge in [-0.25, -0.2) is 0 Å². The Hall–Kier alpha value is -1.29. The van der Waals surface area contributed by atoms with Gasteiger partial charge in [-0.2, -0.15) is 0 Å². The first-order chi connectivity index (χ1) is 9.33. The molecule has 1 unspecified atom stereocenters. The van der Waals surface area contributed by atoms with Crippen LogP contribution in [0.25, 0.3) is 0 Å². The van der Waals surface area contributed by atoms with E-state index in [-0.39, 0.29) is 11.3 Å². The lowest BCUT2D eigenvalue weighted by molar-refractivity contribution is 0.0927. The summed E-state index contributed by atoms with van der Waals surface area (Å²) in [6, 6.07) is 0.328. The molecule has 1 aromatic rings. The number of piperidine rings is 1. The van der Waals surface area contributed by atoms with E-state index < -0.39 is 0 Å². The van der Waals surface area contributed by atoms with E-state index >= 15 is 0 Å². The lowest BCUT2D eigenvalue weighted by Crippen LogP contribution is -2.52. The monoisotopic (exact) mass is 278 g/mol. The highest BCUT2D eigenvalue weighted by Gasteiger charge is 2.32. The minimum atomic E-state index is -0.0278. The van der Waals surface area contributed by atoms with Crippen molar-refractivity contribution in [2.75, 3.05) is 13.1 Å². The fourth-order valence-corrected chi connectivity index (χ4v) is 3.03. The average Bonchev–Trinajstić information content (AvgIpc) is 2.61. The van der Waals surface area contributed by atoms with Crippen LogP contribution >= 0.6 is 0 Å². The summed E-state index contributed by atoms with van der Waals surface area (Å²) < 4.78 is 5.52. The summed E-state index contributed by atoms with van der Waals surface area (Å²) >= 11 is 0. The molecule has 1 aliphatic rings. The maximum atomic E-state index is 12.4. The summed E-state index contributed by atoms with van der Waals surface area (Å²) in [5.74, 6) is 1.50. The van der Waals surface area contributed by atoms with Crippen molar-refractivity contribution in [2.24, 2.45) is 5.41 Å². The number of hydrogen-bond acceptors (Lipinski definition) is 3. The summed E-state index contributed by atoms with van der Waals surface area (Å²) in [6.07, 6.45) is 2.40. The minimum Gasteiger partial charge on any atom is -0.466 e. The molecule has 112 valence electrons. The molecule has 20 heavy (non-hydrogen) atoms. The Morgan fingerprint density at radius 3 is 2.60 bits per heavy atom. The summed E-state index contributed by atoms with van der Waals surface area (Å²) in [7, 11) is 0. The Morgan fingerprint density at radius 1 is 1.35 bits per heavy atom. The zero-order valence-electron chi connectivity index (χ0n) is 13.2. The van der Waals surface area contributed by atoms with Crippen molar-refractivity contribution in [1.29, 1.82) is 0 Å².